The second kappa shape index (κ2) is 3.92. The van der Waals surface area contributed by atoms with Crippen molar-refractivity contribution in [2.24, 2.45) is 0 Å². The van der Waals surface area contributed by atoms with Crippen LogP contribution in [0.2, 0.25) is 0 Å². The number of nitrogens with zero attached hydrogens (tertiary/aromatic N) is 2. The number of H-pyrrole nitrogens is 1. The first-order chi connectivity index (χ1) is 9.43. The van der Waals surface area contributed by atoms with Crippen LogP contribution in [0.15, 0.2) is 60.8 Å². The maximum Gasteiger partial charge on any atom is 0.119 e. The quantitative estimate of drug-likeness (QED) is 0.554. The molecule has 2 heterocycles. The van der Waals surface area contributed by atoms with Crippen LogP contribution in [0.1, 0.15) is 0 Å². The summed E-state index contributed by atoms with van der Waals surface area (Å²) in [6.07, 6.45) is 1.81. The highest BCUT2D eigenvalue weighted by Gasteiger charge is 2.10. The van der Waals surface area contributed by atoms with Crippen LogP contribution < -0.4 is 0 Å². The van der Waals surface area contributed by atoms with Gasteiger partial charge >= 0.3 is 0 Å². The molecule has 0 atom stereocenters. The van der Waals surface area contributed by atoms with Crippen molar-refractivity contribution in [1.82, 2.24) is 15.2 Å². The molecule has 0 unspecified atom stereocenters. The van der Waals surface area contributed by atoms with Gasteiger partial charge in [0.2, 0.25) is 0 Å². The van der Waals surface area contributed by atoms with E-state index in [-0.39, 0.29) is 0 Å². The Labute approximate surface area is 109 Å². The molecule has 1 N–H and O–H groups in total. The Morgan fingerprint density at radius 1 is 0.842 bits per heavy atom. The molecular formula is C16H11N3. The third kappa shape index (κ3) is 1.52. The van der Waals surface area contributed by atoms with Crippen molar-refractivity contribution in [2.45, 2.75) is 0 Å². The van der Waals surface area contributed by atoms with E-state index in [2.05, 4.69) is 39.4 Å². The smallest absolute Gasteiger partial charge is 0.119 e. The van der Waals surface area contributed by atoms with E-state index in [1.165, 1.54) is 0 Å². The summed E-state index contributed by atoms with van der Waals surface area (Å²) in [6, 6.07) is 18.4. The molecule has 3 heteroatoms. The first-order valence-electron chi connectivity index (χ1n) is 6.21. The molecule has 3 nitrogen and oxygen atoms in total. The monoisotopic (exact) mass is 245 g/mol. The van der Waals surface area contributed by atoms with Crippen LogP contribution in [0.3, 0.4) is 0 Å². The summed E-state index contributed by atoms with van der Waals surface area (Å²) in [5.74, 6) is 0. The molecule has 0 saturated heterocycles. The zero-order valence-corrected chi connectivity index (χ0v) is 10.2. The molecule has 0 saturated carbocycles. The summed E-state index contributed by atoms with van der Waals surface area (Å²) in [5, 5.41) is 9.53. The maximum absolute atomic E-state index is 4.27. The molecule has 2 aromatic carbocycles. The van der Waals surface area contributed by atoms with E-state index in [4.69, 9.17) is 0 Å². The van der Waals surface area contributed by atoms with Crippen LogP contribution in [0.4, 0.5) is 0 Å². The van der Waals surface area contributed by atoms with E-state index in [0.29, 0.717) is 0 Å². The van der Waals surface area contributed by atoms with Gasteiger partial charge in [-0.3, -0.25) is 0 Å². The van der Waals surface area contributed by atoms with Crippen LogP contribution >= 0.6 is 0 Å². The number of rotatable bonds is 1. The van der Waals surface area contributed by atoms with E-state index in [0.717, 1.165) is 33.1 Å². The highest BCUT2D eigenvalue weighted by atomic mass is 15.1. The Balaban J connectivity index is 2.13. The van der Waals surface area contributed by atoms with Gasteiger partial charge in [-0.1, -0.05) is 48.5 Å². The van der Waals surface area contributed by atoms with E-state index in [9.17, 15) is 0 Å². The molecule has 0 aliphatic rings. The van der Waals surface area contributed by atoms with Gasteiger partial charge < -0.3 is 4.98 Å². The SMILES string of the molecule is c1ccc(-c2cnnc3c2[nH]c2ccccc23)cc1. The fourth-order valence-electron chi connectivity index (χ4n) is 2.47. The van der Waals surface area contributed by atoms with Crippen molar-refractivity contribution in [3.05, 3.63) is 60.8 Å². The van der Waals surface area contributed by atoms with Crippen LogP contribution in [-0.4, -0.2) is 15.2 Å². The third-order valence-corrected chi connectivity index (χ3v) is 3.38. The lowest BCUT2D eigenvalue weighted by Gasteiger charge is -2.01. The van der Waals surface area contributed by atoms with Crippen molar-refractivity contribution >= 4 is 21.9 Å². The first kappa shape index (κ1) is 10.3. The third-order valence-electron chi connectivity index (χ3n) is 3.38. The van der Waals surface area contributed by atoms with Gasteiger partial charge in [0.05, 0.1) is 11.7 Å². The summed E-state index contributed by atoms with van der Waals surface area (Å²) >= 11 is 0. The lowest BCUT2D eigenvalue weighted by atomic mass is 10.1. The maximum atomic E-state index is 4.27. The van der Waals surface area contributed by atoms with Gasteiger partial charge in [-0.15, -0.1) is 5.10 Å². The largest absolute Gasteiger partial charge is 0.353 e. The van der Waals surface area contributed by atoms with Gasteiger partial charge in [0, 0.05) is 16.5 Å². The number of hydrogen-bond donors (Lipinski definition) is 1. The lowest BCUT2D eigenvalue weighted by molar-refractivity contribution is 1.08. The topological polar surface area (TPSA) is 41.6 Å². The van der Waals surface area contributed by atoms with Crippen molar-refractivity contribution in [2.75, 3.05) is 0 Å². The molecule has 19 heavy (non-hydrogen) atoms. The summed E-state index contributed by atoms with van der Waals surface area (Å²) in [7, 11) is 0. The number of hydrogen-bond acceptors (Lipinski definition) is 2. The van der Waals surface area contributed by atoms with E-state index in [1.54, 1.807) is 0 Å². The zero-order valence-electron chi connectivity index (χ0n) is 10.2. The summed E-state index contributed by atoms with van der Waals surface area (Å²) in [6.45, 7) is 0. The van der Waals surface area contributed by atoms with E-state index >= 15 is 0 Å². The second-order valence-electron chi connectivity index (χ2n) is 4.52. The van der Waals surface area contributed by atoms with Gasteiger partial charge in [-0.25, -0.2) is 0 Å². The van der Waals surface area contributed by atoms with Crippen molar-refractivity contribution in [3.63, 3.8) is 0 Å². The molecule has 4 aromatic rings. The average Bonchev–Trinajstić information content (AvgIpc) is 2.87. The molecule has 90 valence electrons. The Bertz CT molecular complexity index is 863. The number of aromatic amines is 1. The second-order valence-corrected chi connectivity index (χ2v) is 4.52. The molecule has 2 aromatic heterocycles. The Hall–Kier alpha value is -2.68. The summed E-state index contributed by atoms with van der Waals surface area (Å²) in [5.41, 5.74) is 5.30. The van der Waals surface area contributed by atoms with Crippen molar-refractivity contribution < 1.29 is 0 Å². The average molecular weight is 245 g/mol. The standard InChI is InChI=1S/C16H11N3/c1-2-6-11(7-3-1)13-10-17-19-16-12-8-4-5-9-14(12)18-15(13)16/h1-10,18H. The van der Waals surface area contributed by atoms with Crippen molar-refractivity contribution in [3.8, 4) is 11.1 Å². The molecule has 0 bridgehead atoms. The number of nitrogens with one attached hydrogen (secondary N) is 1. The number of para-hydroxylation sites is 1. The molecule has 0 spiro atoms. The van der Waals surface area contributed by atoms with Crippen molar-refractivity contribution in [1.29, 1.82) is 0 Å². The number of benzene rings is 2. The minimum Gasteiger partial charge on any atom is -0.353 e. The fourth-order valence-corrected chi connectivity index (χ4v) is 2.47. The first-order valence-corrected chi connectivity index (χ1v) is 6.21. The van der Waals surface area contributed by atoms with E-state index in [1.807, 2.05) is 36.5 Å². The predicted octanol–water partition coefficient (Wildman–Crippen LogP) is 3.78. The molecule has 0 amide bonds. The Morgan fingerprint density at radius 3 is 2.53 bits per heavy atom. The molecular weight excluding hydrogens is 234 g/mol. The molecule has 0 aliphatic heterocycles. The fraction of sp³-hybridized carbons (Fsp3) is 0. The molecule has 0 radical (unpaired) electrons. The Morgan fingerprint density at radius 2 is 1.63 bits per heavy atom. The highest BCUT2D eigenvalue weighted by molar-refractivity contribution is 6.09. The van der Waals surface area contributed by atoms with Crippen LogP contribution in [0, 0.1) is 0 Å². The van der Waals surface area contributed by atoms with Crippen LogP contribution in [-0.2, 0) is 0 Å². The van der Waals surface area contributed by atoms with Gasteiger partial charge in [0.25, 0.3) is 0 Å². The van der Waals surface area contributed by atoms with Gasteiger partial charge in [-0.05, 0) is 11.6 Å². The molecule has 0 fully saturated rings. The summed E-state index contributed by atoms with van der Waals surface area (Å²) < 4.78 is 0. The minimum absolute atomic E-state index is 0.928. The predicted molar refractivity (Wildman–Crippen MR) is 76.8 cm³/mol. The van der Waals surface area contributed by atoms with Gasteiger partial charge in [0.1, 0.15) is 5.52 Å². The van der Waals surface area contributed by atoms with Crippen LogP contribution in [0.25, 0.3) is 33.1 Å². The lowest BCUT2D eigenvalue weighted by Crippen LogP contribution is -1.86. The Kier molecular flexibility index (Phi) is 2.12. The normalized spacial score (nSPS) is 11.2. The number of aromatic nitrogens is 3. The highest BCUT2D eigenvalue weighted by Crippen LogP contribution is 2.30. The van der Waals surface area contributed by atoms with E-state index < -0.39 is 0 Å². The summed E-state index contributed by atoms with van der Waals surface area (Å²) in [4.78, 5) is 3.44. The zero-order chi connectivity index (χ0) is 12.7. The van der Waals surface area contributed by atoms with Gasteiger partial charge in [-0.2, -0.15) is 5.10 Å². The number of fused-ring (bicyclic) bond motifs is 3. The van der Waals surface area contributed by atoms with Gasteiger partial charge in [0.15, 0.2) is 0 Å². The molecule has 0 aliphatic carbocycles. The van der Waals surface area contributed by atoms with Crippen LogP contribution in [0.5, 0.6) is 0 Å². The molecule has 4 rings (SSSR count). The minimum atomic E-state index is 0.928.